The normalized spacial score (nSPS) is 17.8. The number of hydrogen-bond acceptors (Lipinski definition) is 3. The van der Waals surface area contributed by atoms with E-state index in [1.165, 1.54) is 12.1 Å². The molecule has 0 saturated carbocycles. The highest BCUT2D eigenvalue weighted by atomic mass is 35.5. The monoisotopic (exact) mass is 317 g/mol. The van der Waals surface area contributed by atoms with Crippen LogP contribution in [0.2, 0.25) is 5.02 Å². The number of carbonyl (C=O) groups excluding carboxylic acids is 1. The summed E-state index contributed by atoms with van der Waals surface area (Å²) in [4.78, 5) is 11.8. The molecule has 110 valence electrons. The van der Waals surface area contributed by atoms with Gasteiger partial charge >= 0.3 is 0 Å². The van der Waals surface area contributed by atoms with Crippen LogP contribution in [0.5, 0.6) is 0 Å². The lowest BCUT2D eigenvalue weighted by molar-refractivity contribution is -0.121. The van der Waals surface area contributed by atoms with Crippen LogP contribution in [0.1, 0.15) is 18.4 Å². The van der Waals surface area contributed by atoms with Crippen molar-refractivity contribution in [2.75, 3.05) is 18.1 Å². The van der Waals surface area contributed by atoms with Crippen molar-refractivity contribution >= 4 is 29.3 Å². The molecule has 1 amide bonds. The molecule has 0 unspecified atom stereocenters. The van der Waals surface area contributed by atoms with Crippen molar-refractivity contribution in [1.29, 1.82) is 0 Å². The Bertz CT molecular complexity index is 472. The molecule has 1 aromatic carbocycles. The van der Waals surface area contributed by atoms with Crippen LogP contribution in [-0.2, 0) is 11.2 Å². The zero-order chi connectivity index (χ0) is 14.6. The molecule has 2 N–H and O–H groups in total. The van der Waals surface area contributed by atoms with Gasteiger partial charge in [0, 0.05) is 17.1 Å². The maximum atomic E-state index is 13.6. The summed E-state index contributed by atoms with van der Waals surface area (Å²) in [7, 11) is 0. The Hall–Kier alpha value is -0.780. The number of nitrogens with one attached hydrogen (secondary N) is 1. The fourth-order valence-corrected chi connectivity index (χ4v) is 3.60. The highest BCUT2D eigenvalue weighted by Crippen LogP contribution is 2.26. The zero-order valence-corrected chi connectivity index (χ0v) is 12.6. The zero-order valence-electron chi connectivity index (χ0n) is 11.0. The van der Waals surface area contributed by atoms with Crippen molar-refractivity contribution in [1.82, 2.24) is 5.32 Å². The van der Waals surface area contributed by atoms with E-state index in [-0.39, 0.29) is 29.5 Å². The highest BCUT2D eigenvalue weighted by molar-refractivity contribution is 7.99. The molecule has 0 bridgehead atoms. The van der Waals surface area contributed by atoms with Gasteiger partial charge in [0.2, 0.25) is 5.91 Å². The Kier molecular flexibility index (Phi) is 5.29. The van der Waals surface area contributed by atoms with Gasteiger partial charge in [-0.25, -0.2) is 4.39 Å². The van der Waals surface area contributed by atoms with Crippen LogP contribution in [-0.4, -0.2) is 34.7 Å². The quantitative estimate of drug-likeness (QED) is 0.896. The van der Waals surface area contributed by atoms with Crippen molar-refractivity contribution in [2.24, 2.45) is 0 Å². The summed E-state index contributed by atoms with van der Waals surface area (Å²) in [6, 6.07) is 4.33. The molecule has 1 aromatic rings. The first-order valence-electron chi connectivity index (χ1n) is 6.50. The predicted octanol–water partition coefficient (Wildman–Crippen LogP) is 2.40. The van der Waals surface area contributed by atoms with Gasteiger partial charge in [-0.2, -0.15) is 11.8 Å². The minimum Gasteiger partial charge on any atom is -0.388 e. The number of benzene rings is 1. The molecule has 0 aromatic heterocycles. The SMILES string of the molecule is O=C(Cc1c(F)cccc1Cl)NCC1(O)CCSCC1. The molecule has 1 saturated heterocycles. The molecular formula is C14H17ClFNO2S. The van der Waals surface area contributed by atoms with Crippen LogP contribution in [0.4, 0.5) is 4.39 Å². The van der Waals surface area contributed by atoms with Gasteiger partial charge in [-0.3, -0.25) is 4.79 Å². The molecule has 0 atom stereocenters. The number of hydrogen-bond donors (Lipinski definition) is 2. The van der Waals surface area contributed by atoms with Gasteiger partial charge in [-0.05, 0) is 36.5 Å². The molecule has 1 fully saturated rings. The minimum atomic E-state index is -0.833. The number of halogens is 2. The van der Waals surface area contributed by atoms with Crippen molar-refractivity contribution in [2.45, 2.75) is 24.9 Å². The molecule has 1 heterocycles. The first-order chi connectivity index (χ1) is 9.50. The van der Waals surface area contributed by atoms with Crippen LogP contribution < -0.4 is 5.32 Å². The van der Waals surface area contributed by atoms with E-state index in [0.29, 0.717) is 12.8 Å². The lowest BCUT2D eigenvalue weighted by Gasteiger charge is -2.31. The number of rotatable bonds is 4. The second kappa shape index (κ2) is 6.78. The van der Waals surface area contributed by atoms with E-state index in [4.69, 9.17) is 11.6 Å². The third kappa shape index (κ3) is 4.11. The van der Waals surface area contributed by atoms with Gasteiger partial charge in [0.15, 0.2) is 0 Å². The smallest absolute Gasteiger partial charge is 0.224 e. The van der Waals surface area contributed by atoms with E-state index in [1.54, 1.807) is 17.8 Å². The van der Waals surface area contributed by atoms with Crippen molar-refractivity contribution in [3.63, 3.8) is 0 Å². The third-order valence-corrected chi connectivity index (χ3v) is 4.78. The number of aliphatic hydroxyl groups is 1. The van der Waals surface area contributed by atoms with E-state index in [1.807, 2.05) is 0 Å². The highest BCUT2D eigenvalue weighted by Gasteiger charge is 2.29. The van der Waals surface area contributed by atoms with Gasteiger partial charge in [0.05, 0.1) is 12.0 Å². The number of carbonyl (C=O) groups is 1. The van der Waals surface area contributed by atoms with Crippen LogP contribution in [0.25, 0.3) is 0 Å². The van der Waals surface area contributed by atoms with E-state index in [0.717, 1.165) is 11.5 Å². The van der Waals surface area contributed by atoms with E-state index in [9.17, 15) is 14.3 Å². The van der Waals surface area contributed by atoms with Gasteiger partial charge in [-0.1, -0.05) is 17.7 Å². The van der Waals surface area contributed by atoms with Crippen LogP contribution in [0, 0.1) is 5.82 Å². The summed E-state index contributed by atoms with van der Waals surface area (Å²) < 4.78 is 13.6. The molecule has 0 radical (unpaired) electrons. The van der Waals surface area contributed by atoms with Crippen molar-refractivity contribution < 1.29 is 14.3 Å². The fourth-order valence-electron chi connectivity index (χ4n) is 2.12. The molecule has 20 heavy (non-hydrogen) atoms. The second-order valence-electron chi connectivity index (χ2n) is 4.99. The minimum absolute atomic E-state index is 0.115. The van der Waals surface area contributed by atoms with Crippen LogP contribution in [0.3, 0.4) is 0 Å². The first kappa shape index (κ1) is 15.6. The Morgan fingerprint density at radius 1 is 1.45 bits per heavy atom. The van der Waals surface area contributed by atoms with E-state index < -0.39 is 11.4 Å². The first-order valence-corrected chi connectivity index (χ1v) is 8.03. The molecule has 2 rings (SSSR count). The average molecular weight is 318 g/mol. The predicted molar refractivity (Wildman–Crippen MR) is 79.6 cm³/mol. The summed E-state index contributed by atoms with van der Waals surface area (Å²) in [5.74, 6) is 0.973. The number of thioether (sulfide) groups is 1. The average Bonchev–Trinajstić information content (AvgIpc) is 2.42. The van der Waals surface area contributed by atoms with Gasteiger partial charge < -0.3 is 10.4 Å². The van der Waals surface area contributed by atoms with Gasteiger partial charge in [0.25, 0.3) is 0 Å². The summed E-state index contributed by atoms with van der Waals surface area (Å²) in [5.41, 5.74) is -0.641. The topological polar surface area (TPSA) is 49.3 Å². The molecule has 0 spiro atoms. The summed E-state index contributed by atoms with van der Waals surface area (Å²) in [5, 5.41) is 13.2. The largest absolute Gasteiger partial charge is 0.388 e. The van der Waals surface area contributed by atoms with Crippen LogP contribution in [0.15, 0.2) is 18.2 Å². The number of amides is 1. The second-order valence-corrected chi connectivity index (χ2v) is 6.62. The van der Waals surface area contributed by atoms with E-state index >= 15 is 0 Å². The lowest BCUT2D eigenvalue weighted by atomic mass is 9.97. The lowest BCUT2D eigenvalue weighted by Crippen LogP contribution is -2.45. The van der Waals surface area contributed by atoms with Crippen molar-refractivity contribution in [3.05, 3.63) is 34.6 Å². The Balaban J connectivity index is 1.89. The van der Waals surface area contributed by atoms with Gasteiger partial charge in [-0.15, -0.1) is 0 Å². The van der Waals surface area contributed by atoms with E-state index in [2.05, 4.69) is 5.32 Å². The summed E-state index contributed by atoms with van der Waals surface area (Å²) in [6.07, 6.45) is 1.22. The summed E-state index contributed by atoms with van der Waals surface area (Å²) in [6.45, 7) is 0.207. The van der Waals surface area contributed by atoms with Crippen LogP contribution >= 0.6 is 23.4 Å². The third-order valence-electron chi connectivity index (χ3n) is 3.44. The van der Waals surface area contributed by atoms with Crippen molar-refractivity contribution in [3.8, 4) is 0 Å². The molecular weight excluding hydrogens is 301 g/mol. The molecule has 0 aliphatic carbocycles. The molecule has 3 nitrogen and oxygen atoms in total. The maximum Gasteiger partial charge on any atom is 0.224 e. The van der Waals surface area contributed by atoms with Gasteiger partial charge in [0.1, 0.15) is 5.82 Å². The Morgan fingerprint density at radius 3 is 2.80 bits per heavy atom. The fraction of sp³-hybridized carbons (Fsp3) is 0.500. The Morgan fingerprint density at radius 2 is 2.15 bits per heavy atom. The molecule has 6 heteroatoms. The molecule has 1 aliphatic rings. The maximum absolute atomic E-state index is 13.6. The Labute approximate surface area is 126 Å². The standard InChI is InChI=1S/C14H17ClFNO2S/c15-11-2-1-3-12(16)10(11)8-13(18)17-9-14(19)4-6-20-7-5-14/h1-3,19H,4-9H2,(H,17,18). The molecule has 1 aliphatic heterocycles. The summed E-state index contributed by atoms with van der Waals surface area (Å²) >= 11 is 7.68.